The van der Waals surface area contributed by atoms with Crippen LogP contribution in [-0.2, 0) is 0 Å². The van der Waals surface area contributed by atoms with E-state index in [2.05, 4.69) is 0 Å². The van der Waals surface area contributed by atoms with E-state index in [9.17, 15) is 9.59 Å². The lowest BCUT2D eigenvalue weighted by atomic mass is 10.1. The first-order valence-corrected chi connectivity index (χ1v) is 6.44. The molecule has 0 unspecified atom stereocenters. The van der Waals surface area contributed by atoms with Gasteiger partial charge in [0.1, 0.15) is 12.0 Å². The summed E-state index contributed by atoms with van der Waals surface area (Å²) in [6.07, 6.45) is 0.764. The number of hydrogen-bond acceptors (Lipinski definition) is 3. The van der Waals surface area contributed by atoms with Crippen LogP contribution in [0.15, 0.2) is 36.4 Å². The van der Waals surface area contributed by atoms with Crippen molar-refractivity contribution in [3.63, 3.8) is 0 Å². The number of aldehydes is 1. The molecule has 0 amide bonds. The molecule has 0 heterocycles. The number of halogens is 1. The number of carbonyl (C=O) groups excluding carboxylic acids is 2. The second-order valence-corrected chi connectivity index (χ2v) is 4.88. The highest BCUT2D eigenvalue weighted by Crippen LogP contribution is 2.26. The van der Waals surface area contributed by atoms with Gasteiger partial charge in [-0.2, -0.15) is 0 Å². The van der Waals surface area contributed by atoms with E-state index in [1.54, 1.807) is 50.2 Å². The molecule has 2 aromatic carbocycles. The maximum atomic E-state index is 12.1. The molecule has 0 atom stereocenters. The molecule has 0 fully saturated rings. The van der Waals surface area contributed by atoms with Gasteiger partial charge in [-0.1, -0.05) is 23.7 Å². The Labute approximate surface area is 122 Å². The Morgan fingerprint density at radius 2 is 1.75 bits per heavy atom. The Morgan fingerprint density at radius 1 is 1.15 bits per heavy atom. The first-order valence-electron chi connectivity index (χ1n) is 6.06. The molecular weight excluding hydrogens is 276 g/mol. The molecular formula is C16H13ClO3. The van der Waals surface area contributed by atoms with E-state index in [1.165, 1.54) is 0 Å². The lowest BCUT2D eigenvalue weighted by Crippen LogP contribution is -2.11. The summed E-state index contributed by atoms with van der Waals surface area (Å²) >= 11 is 5.97. The van der Waals surface area contributed by atoms with E-state index in [0.29, 0.717) is 21.9 Å². The van der Waals surface area contributed by atoms with E-state index in [0.717, 1.165) is 17.4 Å². The molecule has 0 spiro atoms. The highest BCUT2D eigenvalue weighted by Gasteiger charge is 2.15. The van der Waals surface area contributed by atoms with Gasteiger partial charge in [-0.3, -0.25) is 4.79 Å². The van der Waals surface area contributed by atoms with Gasteiger partial charge in [0.2, 0.25) is 0 Å². The Hall–Kier alpha value is -2.13. The number of hydrogen-bond donors (Lipinski definition) is 0. The molecule has 102 valence electrons. The standard InChI is InChI=1S/C16H13ClO3/c1-10-7-12(9-18)8-11(2)15(10)20-16(19)13-5-3-4-6-14(13)17/h3-9H,1-2H3. The Balaban J connectivity index is 2.33. The Bertz CT molecular complexity index is 654. The lowest BCUT2D eigenvalue weighted by Gasteiger charge is -2.11. The fourth-order valence-electron chi connectivity index (χ4n) is 1.99. The van der Waals surface area contributed by atoms with Gasteiger partial charge in [0.15, 0.2) is 0 Å². The van der Waals surface area contributed by atoms with Crippen molar-refractivity contribution in [2.24, 2.45) is 0 Å². The molecule has 2 aromatic rings. The zero-order valence-corrected chi connectivity index (χ0v) is 11.9. The monoisotopic (exact) mass is 288 g/mol. The molecule has 0 aliphatic carbocycles. The van der Waals surface area contributed by atoms with E-state index < -0.39 is 5.97 Å². The van der Waals surface area contributed by atoms with E-state index in [-0.39, 0.29) is 0 Å². The number of esters is 1. The van der Waals surface area contributed by atoms with Crippen LogP contribution in [0.3, 0.4) is 0 Å². The molecule has 0 aliphatic heterocycles. The second-order valence-electron chi connectivity index (χ2n) is 4.47. The second kappa shape index (κ2) is 5.88. The Kier molecular flexibility index (Phi) is 4.20. The minimum Gasteiger partial charge on any atom is -0.422 e. The van der Waals surface area contributed by atoms with Crippen molar-refractivity contribution >= 4 is 23.9 Å². The summed E-state index contributed by atoms with van der Waals surface area (Å²) in [5.41, 5.74) is 2.32. The van der Waals surface area contributed by atoms with Gasteiger partial charge in [0.05, 0.1) is 10.6 Å². The van der Waals surface area contributed by atoms with Crippen LogP contribution in [0.4, 0.5) is 0 Å². The summed E-state index contributed by atoms with van der Waals surface area (Å²) in [4.78, 5) is 22.9. The molecule has 0 N–H and O–H groups in total. The smallest absolute Gasteiger partial charge is 0.345 e. The topological polar surface area (TPSA) is 43.4 Å². The normalized spacial score (nSPS) is 10.2. The minimum absolute atomic E-state index is 0.312. The van der Waals surface area contributed by atoms with E-state index >= 15 is 0 Å². The molecule has 0 bridgehead atoms. The SMILES string of the molecule is Cc1cc(C=O)cc(C)c1OC(=O)c1ccccc1Cl. The third-order valence-corrected chi connectivity index (χ3v) is 3.24. The molecule has 20 heavy (non-hydrogen) atoms. The highest BCUT2D eigenvalue weighted by atomic mass is 35.5. The summed E-state index contributed by atoms with van der Waals surface area (Å²) in [6, 6.07) is 10.1. The number of aryl methyl sites for hydroxylation is 2. The lowest BCUT2D eigenvalue weighted by molar-refractivity contribution is 0.0732. The molecule has 4 heteroatoms. The molecule has 0 saturated carbocycles. The summed E-state index contributed by atoms with van der Waals surface area (Å²) < 4.78 is 5.40. The third-order valence-electron chi connectivity index (χ3n) is 2.91. The Morgan fingerprint density at radius 3 is 2.30 bits per heavy atom. The highest BCUT2D eigenvalue weighted by molar-refractivity contribution is 6.33. The van der Waals surface area contributed by atoms with Crippen LogP contribution in [0.25, 0.3) is 0 Å². The van der Waals surface area contributed by atoms with Gasteiger partial charge < -0.3 is 4.74 Å². The zero-order chi connectivity index (χ0) is 14.7. The molecule has 2 rings (SSSR count). The predicted octanol–water partition coefficient (Wildman–Crippen LogP) is 3.99. The van der Waals surface area contributed by atoms with Crippen LogP contribution in [0.5, 0.6) is 5.75 Å². The first-order chi connectivity index (χ1) is 9.52. The van der Waals surface area contributed by atoms with Crippen molar-refractivity contribution in [3.8, 4) is 5.75 Å². The van der Waals surface area contributed by atoms with Crippen molar-refractivity contribution < 1.29 is 14.3 Å². The van der Waals surface area contributed by atoms with Crippen LogP contribution >= 0.6 is 11.6 Å². The van der Waals surface area contributed by atoms with Crippen LogP contribution in [-0.4, -0.2) is 12.3 Å². The fourth-order valence-corrected chi connectivity index (χ4v) is 2.20. The molecule has 0 saturated heterocycles. The number of ether oxygens (including phenoxy) is 1. The van der Waals surface area contributed by atoms with Gasteiger partial charge in [-0.05, 0) is 49.2 Å². The molecule has 0 radical (unpaired) electrons. The van der Waals surface area contributed by atoms with Crippen LogP contribution in [0.1, 0.15) is 31.8 Å². The average molecular weight is 289 g/mol. The first kappa shape index (κ1) is 14.3. The maximum Gasteiger partial charge on any atom is 0.345 e. The summed E-state index contributed by atoms with van der Waals surface area (Å²) in [5, 5.41) is 0.345. The minimum atomic E-state index is -0.513. The fraction of sp³-hybridized carbons (Fsp3) is 0.125. The molecule has 0 aromatic heterocycles. The van der Waals surface area contributed by atoms with Gasteiger partial charge in [-0.15, -0.1) is 0 Å². The van der Waals surface area contributed by atoms with Gasteiger partial charge in [0.25, 0.3) is 0 Å². The number of benzene rings is 2. The van der Waals surface area contributed by atoms with Crippen molar-refractivity contribution in [2.45, 2.75) is 13.8 Å². The predicted molar refractivity (Wildman–Crippen MR) is 77.7 cm³/mol. The molecule has 0 aliphatic rings. The van der Waals surface area contributed by atoms with Crippen LogP contribution in [0.2, 0.25) is 5.02 Å². The van der Waals surface area contributed by atoms with Crippen molar-refractivity contribution in [3.05, 3.63) is 63.7 Å². The van der Waals surface area contributed by atoms with E-state index in [4.69, 9.17) is 16.3 Å². The van der Waals surface area contributed by atoms with Crippen molar-refractivity contribution in [1.29, 1.82) is 0 Å². The van der Waals surface area contributed by atoms with Crippen molar-refractivity contribution in [1.82, 2.24) is 0 Å². The number of carbonyl (C=O) groups is 2. The van der Waals surface area contributed by atoms with E-state index in [1.807, 2.05) is 0 Å². The van der Waals surface area contributed by atoms with Gasteiger partial charge >= 0.3 is 5.97 Å². The van der Waals surface area contributed by atoms with Gasteiger partial charge in [-0.25, -0.2) is 4.79 Å². The van der Waals surface area contributed by atoms with Gasteiger partial charge in [0, 0.05) is 5.56 Å². The summed E-state index contributed by atoms with van der Waals surface area (Å²) in [7, 11) is 0. The van der Waals surface area contributed by atoms with Crippen LogP contribution in [0, 0.1) is 13.8 Å². The number of rotatable bonds is 3. The molecule has 3 nitrogen and oxygen atoms in total. The quantitative estimate of drug-likeness (QED) is 0.487. The maximum absolute atomic E-state index is 12.1. The third kappa shape index (κ3) is 2.89. The largest absolute Gasteiger partial charge is 0.422 e. The zero-order valence-electron chi connectivity index (χ0n) is 11.1. The van der Waals surface area contributed by atoms with Crippen LogP contribution < -0.4 is 4.74 Å². The van der Waals surface area contributed by atoms with Crippen molar-refractivity contribution in [2.75, 3.05) is 0 Å². The summed E-state index contributed by atoms with van der Waals surface area (Å²) in [5.74, 6) is -0.0545. The summed E-state index contributed by atoms with van der Waals surface area (Å²) in [6.45, 7) is 3.57. The average Bonchev–Trinajstić information content (AvgIpc) is 2.42.